The third-order valence-corrected chi connectivity index (χ3v) is 2.73. The fraction of sp³-hybridized carbons (Fsp3) is 0.143. The van der Waals surface area contributed by atoms with Gasteiger partial charge in [-0.25, -0.2) is 14.2 Å². The number of hydrogen-bond donors (Lipinski definition) is 1. The molecule has 1 aromatic heterocycles. The van der Waals surface area contributed by atoms with Crippen LogP contribution in [0.4, 0.5) is 10.1 Å². The first kappa shape index (κ1) is 13.0. The van der Waals surface area contributed by atoms with E-state index in [0.717, 1.165) is 5.56 Å². The van der Waals surface area contributed by atoms with Gasteiger partial charge in [0.15, 0.2) is 0 Å². The van der Waals surface area contributed by atoms with E-state index in [1.807, 2.05) is 0 Å². The van der Waals surface area contributed by atoms with Crippen molar-refractivity contribution in [3.05, 3.63) is 59.7 Å². The van der Waals surface area contributed by atoms with E-state index in [0.29, 0.717) is 12.2 Å². The van der Waals surface area contributed by atoms with E-state index >= 15 is 0 Å². The largest absolute Gasteiger partial charge is 0.477 e. The lowest BCUT2D eigenvalue weighted by atomic mass is 10.2. The van der Waals surface area contributed by atoms with Crippen LogP contribution in [-0.2, 0) is 6.54 Å². The zero-order chi connectivity index (χ0) is 13.8. The number of benzene rings is 1. The first-order chi connectivity index (χ1) is 9.08. The van der Waals surface area contributed by atoms with Gasteiger partial charge in [-0.1, -0.05) is 12.1 Å². The Morgan fingerprint density at radius 2 is 2.11 bits per heavy atom. The number of para-hydroxylation sites is 1. The molecule has 0 unspecified atom stereocenters. The molecule has 1 N–H and O–H groups in total. The van der Waals surface area contributed by atoms with E-state index in [9.17, 15) is 9.18 Å². The van der Waals surface area contributed by atoms with Crippen molar-refractivity contribution in [2.45, 2.75) is 6.54 Å². The standard InChI is InChI=1S/C14H13FN2O2/c1-17(13-5-3-2-4-11(13)15)9-10-6-7-16-12(8-10)14(18)19/h2-8H,9H2,1H3,(H,18,19). The summed E-state index contributed by atoms with van der Waals surface area (Å²) in [6.07, 6.45) is 1.44. The van der Waals surface area contributed by atoms with Gasteiger partial charge in [-0.05, 0) is 29.8 Å². The molecule has 0 atom stereocenters. The van der Waals surface area contributed by atoms with Gasteiger partial charge in [0, 0.05) is 19.8 Å². The molecule has 4 nitrogen and oxygen atoms in total. The lowest BCUT2D eigenvalue weighted by molar-refractivity contribution is 0.0690. The van der Waals surface area contributed by atoms with Gasteiger partial charge in [0.2, 0.25) is 0 Å². The molecule has 2 rings (SSSR count). The number of hydrogen-bond acceptors (Lipinski definition) is 3. The molecule has 1 heterocycles. The summed E-state index contributed by atoms with van der Waals surface area (Å²) >= 11 is 0. The Balaban J connectivity index is 2.19. The van der Waals surface area contributed by atoms with Crippen LogP contribution >= 0.6 is 0 Å². The molecule has 2 aromatic rings. The van der Waals surface area contributed by atoms with Gasteiger partial charge in [0.1, 0.15) is 11.5 Å². The molecule has 0 bridgehead atoms. The smallest absolute Gasteiger partial charge is 0.354 e. The highest BCUT2D eigenvalue weighted by Crippen LogP contribution is 2.19. The minimum Gasteiger partial charge on any atom is -0.477 e. The molecule has 98 valence electrons. The van der Waals surface area contributed by atoms with Crippen molar-refractivity contribution in [1.29, 1.82) is 0 Å². The Morgan fingerprint density at radius 3 is 2.79 bits per heavy atom. The Hall–Kier alpha value is -2.43. The summed E-state index contributed by atoms with van der Waals surface area (Å²) in [7, 11) is 1.75. The van der Waals surface area contributed by atoms with Gasteiger partial charge in [0.25, 0.3) is 0 Å². The predicted molar refractivity (Wildman–Crippen MR) is 69.7 cm³/mol. The van der Waals surface area contributed by atoms with Crippen LogP contribution in [0, 0.1) is 5.82 Å². The highest BCUT2D eigenvalue weighted by atomic mass is 19.1. The number of aromatic carboxylic acids is 1. The monoisotopic (exact) mass is 260 g/mol. The fourth-order valence-electron chi connectivity index (χ4n) is 1.81. The summed E-state index contributed by atoms with van der Waals surface area (Å²) in [4.78, 5) is 16.3. The normalized spacial score (nSPS) is 10.2. The van der Waals surface area contributed by atoms with Gasteiger partial charge < -0.3 is 10.0 Å². The van der Waals surface area contributed by atoms with Gasteiger partial charge in [0.05, 0.1) is 5.69 Å². The second kappa shape index (κ2) is 5.48. The van der Waals surface area contributed by atoms with E-state index in [1.165, 1.54) is 18.3 Å². The van der Waals surface area contributed by atoms with E-state index < -0.39 is 5.97 Å². The zero-order valence-electron chi connectivity index (χ0n) is 10.4. The molecular weight excluding hydrogens is 247 g/mol. The number of pyridine rings is 1. The van der Waals surface area contributed by atoms with E-state index in [-0.39, 0.29) is 11.5 Å². The Bertz CT molecular complexity index is 602. The summed E-state index contributed by atoms with van der Waals surface area (Å²) < 4.78 is 13.6. The van der Waals surface area contributed by atoms with Crippen molar-refractivity contribution in [3.8, 4) is 0 Å². The highest BCUT2D eigenvalue weighted by Gasteiger charge is 2.09. The molecule has 0 spiro atoms. The molecule has 0 aliphatic carbocycles. The minimum atomic E-state index is -1.07. The average molecular weight is 260 g/mol. The first-order valence-electron chi connectivity index (χ1n) is 5.72. The molecule has 0 amide bonds. The summed E-state index contributed by atoms with van der Waals surface area (Å²) in [5, 5.41) is 8.87. The average Bonchev–Trinajstić information content (AvgIpc) is 2.39. The van der Waals surface area contributed by atoms with Crippen LogP contribution in [0.25, 0.3) is 0 Å². The van der Waals surface area contributed by atoms with Crippen LogP contribution in [0.15, 0.2) is 42.6 Å². The van der Waals surface area contributed by atoms with Crippen molar-refractivity contribution in [3.63, 3.8) is 0 Å². The van der Waals surface area contributed by atoms with Crippen molar-refractivity contribution in [2.24, 2.45) is 0 Å². The molecule has 1 aromatic carbocycles. The Kier molecular flexibility index (Phi) is 3.75. The van der Waals surface area contributed by atoms with Crippen LogP contribution in [0.3, 0.4) is 0 Å². The number of carboxylic acids is 1. The molecule has 0 saturated heterocycles. The summed E-state index contributed by atoms with van der Waals surface area (Å²) in [6.45, 7) is 0.406. The minimum absolute atomic E-state index is 0.0144. The maximum absolute atomic E-state index is 13.6. The lowest BCUT2D eigenvalue weighted by Crippen LogP contribution is -2.18. The van der Waals surface area contributed by atoms with E-state index in [1.54, 1.807) is 36.2 Å². The molecule has 0 aliphatic rings. The zero-order valence-corrected chi connectivity index (χ0v) is 10.4. The number of carbonyl (C=O) groups is 1. The SMILES string of the molecule is CN(Cc1ccnc(C(=O)O)c1)c1ccccc1F. The van der Waals surface area contributed by atoms with Crippen molar-refractivity contribution in [1.82, 2.24) is 4.98 Å². The van der Waals surface area contributed by atoms with Gasteiger partial charge in [-0.2, -0.15) is 0 Å². The number of rotatable bonds is 4. The lowest BCUT2D eigenvalue weighted by Gasteiger charge is -2.20. The highest BCUT2D eigenvalue weighted by molar-refractivity contribution is 5.85. The predicted octanol–water partition coefficient (Wildman–Crippen LogP) is 2.56. The quantitative estimate of drug-likeness (QED) is 0.917. The second-order valence-corrected chi connectivity index (χ2v) is 4.16. The molecule has 0 radical (unpaired) electrons. The Morgan fingerprint density at radius 1 is 1.37 bits per heavy atom. The molecular formula is C14H13FN2O2. The van der Waals surface area contributed by atoms with Gasteiger partial charge in [-0.3, -0.25) is 0 Å². The van der Waals surface area contributed by atoms with Crippen LogP contribution in [0.2, 0.25) is 0 Å². The van der Waals surface area contributed by atoms with Crippen LogP contribution < -0.4 is 4.90 Å². The van der Waals surface area contributed by atoms with Crippen molar-refractivity contribution in [2.75, 3.05) is 11.9 Å². The van der Waals surface area contributed by atoms with Gasteiger partial charge >= 0.3 is 5.97 Å². The fourth-order valence-corrected chi connectivity index (χ4v) is 1.81. The molecule has 0 fully saturated rings. The third kappa shape index (κ3) is 3.07. The Labute approximate surface area is 110 Å². The van der Waals surface area contributed by atoms with Crippen LogP contribution in [0.1, 0.15) is 16.1 Å². The van der Waals surface area contributed by atoms with E-state index in [4.69, 9.17) is 5.11 Å². The molecule has 5 heteroatoms. The third-order valence-electron chi connectivity index (χ3n) is 2.73. The maximum atomic E-state index is 13.6. The maximum Gasteiger partial charge on any atom is 0.354 e. The van der Waals surface area contributed by atoms with Gasteiger partial charge in [-0.15, -0.1) is 0 Å². The second-order valence-electron chi connectivity index (χ2n) is 4.16. The number of anilines is 1. The van der Waals surface area contributed by atoms with Crippen molar-refractivity contribution < 1.29 is 14.3 Å². The number of carboxylic acid groups (broad SMARTS) is 1. The van der Waals surface area contributed by atoms with Crippen LogP contribution in [0.5, 0.6) is 0 Å². The topological polar surface area (TPSA) is 53.4 Å². The summed E-state index contributed by atoms with van der Waals surface area (Å²) in [5.41, 5.74) is 1.22. The first-order valence-corrected chi connectivity index (χ1v) is 5.72. The molecule has 19 heavy (non-hydrogen) atoms. The number of halogens is 1. The van der Waals surface area contributed by atoms with E-state index in [2.05, 4.69) is 4.98 Å². The number of nitrogens with zero attached hydrogens (tertiary/aromatic N) is 2. The molecule has 0 saturated carbocycles. The molecule has 0 aliphatic heterocycles. The summed E-state index contributed by atoms with van der Waals surface area (Å²) in [5.74, 6) is -1.38. The van der Waals surface area contributed by atoms with Crippen molar-refractivity contribution >= 4 is 11.7 Å². The summed E-state index contributed by atoms with van der Waals surface area (Å²) in [6, 6.07) is 9.64. The van der Waals surface area contributed by atoms with Crippen LogP contribution in [-0.4, -0.2) is 23.1 Å². The number of aromatic nitrogens is 1.